The number of carbonyl (C=O) groups is 2. The summed E-state index contributed by atoms with van der Waals surface area (Å²) in [7, 11) is 1.60. The van der Waals surface area contributed by atoms with Crippen LogP contribution in [0.4, 0.5) is 5.69 Å². The minimum atomic E-state index is -0.293. The van der Waals surface area contributed by atoms with E-state index in [9.17, 15) is 9.59 Å². The highest BCUT2D eigenvalue weighted by Crippen LogP contribution is 2.22. The van der Waals surface area contributed by atoms with Crippen molar-refractivity contribution in [2.45, 2.75) is 13.5 Å². The van der Waals surface area contributed by atoms with Crippen LogP contribution < -0.4 is 15.4 Å². The molecular weight excluding hydrogens is 404 g/mol. The summed E-state index contributed by atoms with van der Waals surface area (Å²) < 4.78 is 5.24. The number of rotatable bonds is 6. The van der Waals surface area contributed by atoms with Gasteiger partial charge < -0.3 is 15.4 Å². The number of fused-ring (bicyclic) bond motifs is 1. The first-order chi connectivity index (χ1) is 15.5. The standard InChI is InChI=1S/C25H22N4O3/c1-16-22(13-17-9-10-21(32-2)14-23(17)28-16)25(31)29-19-8-5-6-18(12-19)24(30)27-15-20-7-3-4-11-26-20/h3-14H,15H2,1-2H3,(H,27,30)(H,29,31). The monoisotopic (exact) mass is 426 g/mol. The third kappa shape index (κ3) is 4.73. The van der Waals surface area contributed by atoms with Gasteiger partial charge in [-0.25, -0.2) is 0 Å². The third-order valence-electron chi connectivity index (χ3n) is 5.00. The number of carbonyl (C=O) groups excluding carboxylic acids is 2. The topological polar surface area (TPSA) is 93.2 Å². The Morgan fingerprint density at radius 3 is 2.62 bits per heavy atom. The molecule has 2 aromatic carbocycles. The minimum Gasteiger partial charge on any atom is -0.497 e. The van der Waals surface area contributed by atoms with E-state index >= 15 is 0 Å². The van der Waals surface area contributed by atoms with Gasteiger partial charge in [0, 0.05) is 28.9 Å². The summed E-state index contributed by atoms with van der Waals surface area (Å²) in [4.78, 5) is 34.1. The molecule has 7 heteroatoms. The van der Waals surface area contributed by atoms with Crippen LogP contribution in [0.2, 0.25) is 0 Å². The van der Waals surface area contributed by atoms with Crippen LogP contribution in [0, 0.1) is 6.92 Å². The van der Waals surface area contributed by atoms with Crippen molar-refractivity contribution in [2.75, 3.05) is 12.4 Å². The number of pyridine rings is 2. The molecule has 2 heterocycles. The van der Waals surface area contributed by atoms with Crippen molar-refractivity contribution in [1.82, 2.24) is 15.3 Å². The van der Waals surface area contributed by atoms with E-state index in [1.807, 2.05) is 36.4 Å². The first kappa shape index (κ1) is 21.0. The van der Waals surface area contributed by atoms with Crippen molar-refractivity contribution < 1.29 is 14.3 Å². The quantitative estimate of drug-likeness (QED) is 0.484. The number of aryl methyl sites for hydroxylation is 1. The van der Waals surface area contributed by atoms with Gasteiger partial charge >= 0.3 is 0 Å². The highest BCUT2D eigenvalue weighted by molar-refractivity contribution is 6.07. The van der Waals surface area contributed by atoms with Crippen molar-refractivity contribution in [3.8, 4) is 5.75 Å². The Morgan fingerprint density at radius 1 is 0.969 bits per heavy atom. The summed E-state index contributed by atoms with van der Waals surface area (Å²) in [5, 5.41) is 6.53. The van der Waals surface area contributed by atoms with Gasteiger partial charge in [0.2, 0.25) is 0 Å². The summed E-state index contributed by atoms with van der Waals surface area (Å²) in [5.41, 5.74) is 3.56. The number of aromatic nitrogens is 2. The number of hydrogen-bond acceptors (Lipinski definition) is 5. The molecule has 4 aromatic rings. The van der Waals surface area contributed by atoms with Gasteiger partial charge in [0.05, 0.1) is 36.1 Å². The number of nitrogens with zero attached hydrogens (tertiary/aromatic N) is 2. The van der Waals surface area contributed by atoms with Gasteiger partial charge in [-0.2, -0.15) is 0 Å². The fourth-order valence-corrected chi connectivity index (χ4v) is 3.31. The lowest BCUT2D eigenvalue weighted by Gasteiger charge is -2.11. The Hall–Kier alpha value is -4.26. The molecule has 0 bridgehead atoms. The van der Waals surface area contributed by atoms with Gasteiger partial charge in [-0.15, -0.1) is 0 Å². The lowest BCUT2D eigenvalue weighted by atomic mass is 10.1. The van der Waals surface area contributed by atoms with Gasteiger partial charge in [0.25, 0.3) is 11.8 Å². The molecule has 7 nitrogen and oxygen atoms in total. The summed E-state index contributed by atoms with van der Waals surface area (Å²) in [6.07, 6.45) is 1.68. The predicted molar refractivity (Wildman–Crippen MR) is 123 cm³/mol. The second kappa shape index (κ2) is 9.26. The van der Waals surface area contributed by atoms with Crippen LogP contribution in [-0.4, -0.2) is 28.9 Å². The van der Waals surface area contributed by atoms with Crippen molar-refractivity contribution >= 4 is 28.4 Å². The SMILES string of the molecule is COc1ccc2cc(C(=O)Nc3cccc(C(=O)NCc4ccccn4)c3)c(C)nc2c1. The number of nitrogens with one attached hydrogen (secondary N) is 2. The van der Waals surface area contributed by atoms with E-state index in [0.717, 1.165) is 16.6 Å². The molecule has 0 radical (unpaired) electrons. The fraction of sp³-hybridized carbons (Fsp3) is 0.120. The molecule has 0 unspecified atom stereocenters. The van der Waals surface area contributed by atoms with Gasteiger partial charge in [-0.3, -0.25) is 19.6 Å². The van der Waals surface area contributed by atoms with Crippen LogP contribution in [0.15, 0.2) is 72.9 Å². The molecule has 0 saturated carbocycles. The second-order valence-corrected chi connectivity index (χ2v) is 7.22. The van der Waals surface area contributed by atoms with Crippen LogP contribution >= 0.6 is 0 Å². The van der Waals surface area contributed by atoms with Crippen molar-refractivity contribution in [2.24, 2.45) is 0 Å². The molecule has 0 atom stereocenters. The summed E-state index contributed by atoms with van der Waals surface area (Å²) in [6.45, 7) is 2.11. The first-order valence-corrected chi connectivity index (χ1v) is 10.1. The zero-order chi connectivity index (χ0) is 22.5. The molecule has 0 aliphatic rings. The largest absolute Gasteiger partial charge is 0.497 e. The van der Waals surface area contributed by atoms with Crippen molar-refractivity contribution in [3.05, 3.63) is 95.4 Å². The smallest absolute Gasteiger partial charge is 0.257 e. The molecule has 0 aliphatic carbocycles. The van der Waals surface area contributed by atoms with Gasteiger partial charge in [0.1, 0.15) is 5.75 Å². The maximum Gasteiger partial charge on any atom is 0.257 e. The van der Waals surface area contributed by atoms with E-state index in [1.54, 1.807) is 50.6 Å². The van der Waals surface area contributed by atoms with Crippen LogP contribution in [0.25, 0.3) is 10.9 Å². The third-order valence-corrected chi connectivity index (χ3v) is 5.00. The fourth-order valence-electron chi connectivity index (χ4n) is 3.31. The number of ether oxygens (including phenoxy) is 1. The lowest BCUT2D eigenvalue weighted by Crippen LogP contribution is -2.23. The molecule has 0 aliphatic heterocycles. The summed E-state index contributed by atoms with van der Waals surface area (Å²) >= 11 is 0. The number of amides is 2. The Balaban J connectivity index is 1.49. The number of hydrogen-bond donors (Lipinski definition) is 2. The average Bonchev–Trinajstić information content (AvgIpc) is 2.82. The first-order valence-electron chi connectivity index (χ1n) is 10.1. The van der Waals surface area contributed by atoms with Crippen molar-refractivity contribution in [3.63, 3.8) is 0 Å². The van der Waals surface area contributed by atoms with E-state index < -0.39 is 0 Å². The second-order valence-electron chi connectivity index (χ2n) is 7.22. The Bertz CT molecular complexity index is 1290. The zero-order valence-corrected chi connectivity index (χ0v) is 17.8. The van der Waals surface area contributed by atoms with Crippen LogP contribution in [0.5, 0.6) is 5.75 Å². The van der Waals surface area contributed by atoms with Crippen LogP contribution in [-0.2, 0) is 6.54 Å². The van der Waals surface area contributed by atoms with Gasteiger partial charge in [0.15, 0.2) is 0 Å². The summed E-state index contributed by atoms with van der Waals surface area (Å²) in [5.74, 6) is 0.169. The molecular formula is C25H22N4O3. The molecule has 32 heavy (non-hydrogen) atoms. The molecule has 160 valence electrons. The van der Waals surface area contributed by atoms with E-state index in [1.165, 1.54) is 0 Å². The van der Waals surface area contributed by atoms with Gasteiger partial charge in [-0.1, -0.05) is 12.1 Å². The predicted octanol–water partition coefficient (Wildman–Crippen LogP) is 4.13. The maximum atomic E-state index is 12.9. The van der Waals surface area contributed by atoms with Crippen LogP contribution in [0.1, 0.15) is 32.1 Å². The summed E-state index contributed by atoms with van der Waals surface area (Å²) in [6, 6.07) is 19.6. The van der Waals surface area contributed by atoms with E-state index in [4.69, 9.17) is 4.74 Å². The Kier molecular flexibility index (Phi) is 6.07. The zero-order valence-electron chi connectivity index (χ0n) is 17.8. The number of anilines is 1. The molecule has 2 amide bonds. The molecule has 0 saturated heterocycles. The number of methoxy groups -OCH3 is 1. The van der Waals surface area contributed by atoms with E-state index in [0.29, 0.717) is 34.8 Å². The Labute approximate surface area is 185 Å². The molecule has 0 spiro atoms. The maximum absolute atomic E-state index is 12.9. The average molecular weight is 426 g/mol. The normalized spacial score (nSPS) is 10.6. The molecule has 2 aromatic heterocycles. The van der Waals surface area contributed by atoms with Crippen molar-refractivity contribution in [1.29, 1.82) is 0 Å². The Morgan fingerprint density at radius 2 is 1.84 bits per heavy atom. The molecule has 2 N–H and O–H groups in total. The minimum absolute atomic E-state index is 0.246. The lowest BCUT2D eigenvalue weighted by molar-refractivity contribution is 0.0949. The van der Waals surface area contributed by atoms with Gasteiger partial charge in [-0.05, 0) is 55.5 Å². The van der Waals surface area contributed by atoms with E-state index in [2.05, 4.69) is 20.6 Å². The number of benzene rings is 2. The molecule has 0 fully saturated rings. The highest BCUT2D eigenvalue weighted by atomic mass is 16.5. The highest BCUT2D eigenvalue weighted by Gasteiger charge is 2.14. The van der Waals surface area contributed by atoms with Crippen LogP contribution in [0.3, 0.4) is 0 Å². The van der Waals surface area contributed by atoms with E-state index in [-0.39, 0.29) is 11.8 Å². The molecule has 4 rings (SSSR count).